The fraction of sp³-hybridized carbons (Fsp3) is 0.464. The zero-order chi connectivity index (χ0) is 28.6. The van der Waals surface area contributed by atoms with Crippen LogP contribution in [-0.4, -0.2) is 49.1 Å². The average Bonchev–Trinajstić information content (AvgIpc) is 3.30. The maximum atomic E-state index is 15.2. The Labute approximate surface area is 226 Å². The quantitative estimate of drug-likeness (QED) is 0.299. The van der Waals surface area contributed by atoms with E-state index in [0.717, 1.165) is 17.3 Å². The predicted molar refractivity (Wildman–Crippen MR) is 149 cm³/mol. The first-order valence-electron chi connectivity index (χ1n) is 13.0. The monoisotopic (exact) mass is 541 g/mol. The molecule has 1 unspecified atom stereocenters. The Hall–Kier alpha value is -3.57. The van der Waals surface area contributed by atoms with Crippen molar-refractivity contribution in [1.82, 2.24) is 29.2 Å². The Kier molecular flexibility index (Phi) is 7.94. The van der Waals surface area contributed by atoms with Crippen LogP contribution in [0.2, 0.25) is 0 Å². The van der Waals surface area contributed by atoms with E-state index in [4.69, 9.17) is 0 Å². The van der Waals surface area contributed by atoms with Crippen molar-refractivity contribution < 1.29 is 13.9 Å². The van der Waals surface area contributed by atoms with Crippen LogP contribution in [0.25, 0.3) is 22.3 Å². The Morgan fingerprint density at radius 2 is 1.87 bits per heavy atom. The Morgan fingerprint density at radius 3 is 2.54 bits per heavy atom. The fourth-order valence-corrected chi connectivity index (χ4v) is 4.76. The van der Waals surface area contributed by atoms with Crippen molar-refractivity contribution >= 4 is 16.9 Å². The fourth-order valence-electron chi connectivity index (χ4n) is 4.76. The van der Waals surface area contributed by atoms with Crippen LogP contribution >= 0.6 is 0 Å². The molecule has 39 heavy (non-hydrogen) atoms. The largest absolute Gasteiger partial charge is 0.386 e. The second-order valence-corrected chi connectivity index (χ2v) is 11.0. The van der Waals surface area contributed by atoms with Crippen molar-refractivity contribution in [1.29, 1.82) is 0 Å². The van der Waals surface area contributed by atoms with E-state index in [0.29, 0.717) is 47.5 Å². The summed E-state index contributed by atoms with van der Waals surface area (Å²) in [6, 6.07) is 4.37. The highest BCUT2D eigenvalue weighted by Gasteiger charge is 2.30. The number of aliphatic hydroxyl groups excluding tert-OH is 1. The Balaban J connectivity index is 1.69. The van der Waals surface area contributed by atoms with Gasteiger partial charge in [-0.3, -0.25) is 13.8 Å². The summed E-state index contributed by atoms with van der Waals surface area (Å²) in [6.07, 6.45) is 1.22. The van der Waals surface area contributed by atoms with Gasteiger partial charge < -0.3 is 15.7 Å². The van der Waals surface area contributed by atoms with Crippen LogP contribution in [0.3, 0.4) is 0 Å². The van der Waals surface area contributed by atoms with Gasteiger partial charge in [0.1, 0.15) is 6.10 Å². The summed E-state index contributed by atoms with van der Waals surface area (Å²) in [5.41, 5.74) is 3.84. The van der Waals surface area contributed by atoms with Gasteiger partial charge in [-0.1, -0.05) is 20.8 Å². The first-order valence-corrected chi connectivity index (χ1v) is 13.0. The molecular weight excluding hydrogens is 504 g/mol. The highest BCUT2D eigenvalue weighted by Crippen LogP contribution is 2.36. The van der Waals surface area contributed by atoms with Gasteiger partial charge in [0.05, 0.1) is 16.9 Å². The van der Waals surface area contributed by atoms with Crippen molar-refractivity contribution in [2.45, 2.75) is 46.8 Å². The van der Waals surface area contributed by atoms with Crippen molar-refractivity contribution in [3.8, 4) is 11.1 Å². The molecule has 3 aromatic heterocycles. The van der Waals surface area contributed by atoms with Crippen molar-refractivity contribution in [2.75, 3.05) is 25.5 Å². The minimum Gasteiger partial charge on any atom is -0.386 e. The van der Waals surface area contributed by atoms with Crippen LogP contribution in [0.4, 0.5) is 14.5 Å². The number of hydrogen-bond donors (Lipinski definition) is 3. The van der Waals surface area contributed by atoms with E-state index in [-0.39, 0.29) is 17.9 Å². The van der Waals surface area contributed by atoms with E-state index in [1.54, 1.807) is 35.6 Å². The topological polar surface area (TPSA) is 102 Å². The van der Waals surface area contributed by atoms with Gasteiger partial charge in [0.15, 0.2) is 17.3 Å². The number of fused-ring (bicyclic) bond motifs is 1. The van der Waals surface area contributed by atoms with E-state index in [2.05, 4.69) is 20.7 Å². The molecule has 11 heteroatoms. The zero-order valence-corrected chi connectivity index (χ0v) is 23.6. The molecule has 0 spiro atoms. The van der Waals surface area contributed by atoms with Crippen LogP contribution in [0.5, 0.6) is 0 Å². The number of pyridine rings is 1. The molecule has 3 N–H and O–H groups in total. The summed E-state index contributed by atoms with van der Waals surface area (Å²) in [7, 11) is 5.28. The van der Waals surface area contributed by atoms with Gasteiger partial charge in [-0.2, -0.15) is 5.10 Å². The molecule has 0 fully saturated rings. The molecule has 4 rings (SSSR count). The van der Waals surface area contributed by atoms with Gasteiger partial charge in [0.2, 0.25) is 0 Å². The highest BCUT2D eigenvalue weighted by atomic mass is 19.2. The number of aryl methyl sites for hydroxylation is 2. The molecule has 0 bridgehead atoms. The number of aliphatic hydroxyl groups is 1. The summed E-state index contributed by atoms with van der Waals surface area (Å²) in [5, 5.41) is 21.5. The second-order valence-electron chi connectivity index (χ2n) is 11.0. The molecule has 0 saturated carbocycles. The molecule has 0 aliphatic carbocycles. The second kappa shape index (κ2) is 10.9. The lowest BCUT2D eigenvalue weighted by Crippen LogP contribution is -2.26. The molecule has 4 aromatic rings. The first-order chi connectivity index (χ1) is 18.4. The lowest BCUT2D eigenvalue weighted by molar-refractivity contribution is 0.0577. The third-order valence-electron chi connectivity index (χ3n) is 7.21. The summed E-state index contributed by atoms with van der Waals surface area (Å²) in [4.78, 5) is 17.2. The Morgan fingerprint density at radius 1 is 1.15 bits per heavy atom. The molecule has 3 heterocycles. The summed E-state index contributed by atoms with van der Waals surface area (Å²) in [6.45, 7) is 9.03. The van der Waals surface area contributed by atoms with E-state index in [1.807, 2.05) is 34.7 Å². The standard InChI is InChI=1S/C28H37F2N7O2/c1-16-18(24(34-36(16)7)25(38)28(2,3)4)10-11-32-23-19(8-9-20(29)22(23)30)17-14-21-26(33-15-17)35(6)27(39)37(21)13-12-31-5/h8-9,14-15,25,31-32,38H,10-13H2,1-7H3. The van der Waals surface area contributed by atoms with Gasteiger partial charge in [-0.25, -0.2) is 18.6 Å². The maximum absolute atomic E-state index is 15.2. The zero-order valence-electron chi connectivity index (χ0n) is 23.6. The van der Waals surface area contributed by atoms with Crippen molar-refractivity contribution in [3.63, 3.8) is 0 Å². The molecule has 210 valence electrons. The normalized spacial score (nSPS) is 12.9. The molecule has 1 atom stereocenters. The molecule has 0 amide bonds. The minimum atomic E-state index is -0.994. The molecule has 1 aromatic carbocycles. The van der Waals surface area contributed by atoms with Gasteiger partial charge in [0, 0.05) is 62.3 Å². The third-order valence-corrected chi connectivity index (χ3v) is 7.21. The van der Waals surface area contributed by atoms with Gasteiger partial charge in [-0.05, 0) is 44.0 Å². The van der Waals surface area contributed by atoms with Crippen LogP contribution in [-0.2, 0) is 27.1 Å². The molecule has 0 aliphatic heterocycles. The molecule has 0 saturated heterocycles. The smallest absolute Gasteiger partial charge is 0.330 e. The van der Waals surface area contributed by atoms with Gasteiger partial charge in [-0.15, -0.1) is 0 Å². The number of aromatic nitrogens is 5. The number of rotatable bonds is 9. The van der Waals surface area contributed by atoms with Crippen LogP contribution in [0.15, 0.2) is 29.2 Å². The lowest BCUT2D eigenvalue weighted by Gasteiger charge is -2.25. The lowest BCUT2D eigenvalue weighted by atomic mass is 9.85. The molecular formula is C28H37F2N7O2. The van der Waals surface area contributed by atoms with Crippen LogP contribution in [0.1, 0.15) is 43.8 Å². The highest BCUT2D eigenvalue weighted by molar-refractivity contribution is 5.84. The van der Waals surface area contributed by atoms with E-state index < -0.39 is 23.2 Å². The summed E-state index contributed by atoms with van der Waals surface area (Å²) < 4.78 is 34.3. The van der Waals surface area contributed by atoms with Gasteiger partial charge in [0.25, 0.3) is 0 Å². The van der Waals surface area contributed by atoms with Crippen molar-refractivity contribution in [2.24, 2.45) is 19.5 Å². The number of imidazole rings is 1. The number of likely N-dealkylation sites (N-methyl/N-ethyl adjacent to an activating group) is 1. The Bertz CT molecular complexity index is 1560. The van der Waals surface area contributed by atoms with Gasteiger partial charge >= 0.3 is 5.69 Å². The third kappa shape index (κ3) is 5.33. The number of nitrogens with one attached hydrogen (secondary N) is 2. The van der Waals surface area contributed by atoms with Crippen LogP contribution in [0, 0.1) is 24.0 Å². The average molecular weight is 542 g/mol. The van der Waals surface area contributed by atoms with E-state index in [9.17, 15) is 14.3 Å². The predicted octanol–water partition coefficient (Wildman–Crippen LogP) is 3.68. The SMILES string of the molecule is CNCCn1c(=O)n(C)c2ncc(-c3ccc(F)c(F)c3NCCc3c(C(O)C(C)(C)C)nn(C)c3C)cc21. The maximum Gasteiger partial charge on any atom is 0.330 e. The minimum absolute atomic E-state index is 0.00988. The first kappa shape index (κ1) is 28.4. The van der Waals surface area contributed by atoms with E-state index >= 15 is 4.39 Å². The van der Waals surface area contributed by atoms with Crippen LogP contribution < -0.4 is 16.3 Å². The number of halogens is 2. The number of hydrogen-bond acceptors (Lipinski definition) is 6. The number of nitrogens with zero attached hydrogens (tertiary/aromatic N) is 5. The summed E-state index contributed by atoms with van der Waals surface area (Å²) in [5.74, 6) is -1.96. The molecule has 0 aliphatic rings. The molecule has 9 nitrogen and oxygen atoms in total. The number of anilines is 1. The van der Waals surface area contributed by atoms with Crippen molar-refractivity contribution in [3.05, 3.63) is 63.5 Å². The summed E-state index contributed by atoms with van der Waals surface area (Å²) >= 11 is 0. The number of benzene rings is 1. The van der Waals surface area contributed by atoms with E-state index in [1.165, 1.54) is 10.6 Å². The molecule has 0 radical (unpaired) electrons.